The Morgan fingerprint density at radius 2 is 2.14 bits per heavy atom. The summed E-state index contributed by atoms with van der Waals surface area (Å²) in [5, 5.41) is 9.87. The number of aliphatic hydroxyl groups excluding tert-OH is 1. The molecule has 0 aromatic carbocycles. The SMILES string of the molecule is O=C1CC2C(O)CCC3CCCN1C32. The Hall–Kier alpha value is -0.570. The average molecular weight is 195 g/mol. The van der Waals surface area contributed by atoms with Gasteiger partial charge in [-0.3, -0.25) is 4.79 Å². The van der Waals surface area contributed by atoms with Crippen molar-refractivity contribution in [2.24, 2.45) is 11.8 Å². The van der Waals surface area contributed by atoms with Crippen molar-refractivity contribution < 1.29 is 9.90 Å². The number of carbonyl (C=O) groups is 1. The van der Waals surface area contributed by atoms with E-state index >= 15 is 0 Å². The zero-order valence-corrected chi connectivity index (χ0v) is 8.35. The van der Waals surface area contributed by atoms with Crippen molar-refractivity contribution in [2.45, 2.75) is 44.2 Å². The summed E-state index contributed by atoms with van der Waals surface area (Å²) in [5.41, 5.74) is 0. The molecule has 3 nitrogen and oxygen atoms in total. The lowest BCUT2D eigenvalue weighted by Gasteiger charge is -2.44. The predicted octanol–water partition coefficient (Wildman–Crippen LogP) is 0.768. The molecule has 14 heavy (non-hydrogen) atoms. The number of nitrogens with zero attached hydrogens (tertiary/aromatic N) is 1. The topological polar surface area (TPSA) is 40.5 Å². The van der Waals surface area contributed by atoms with Crippen LogP contribution in [0.5, 0.6) is 0 Å². The number of rotatable bonds is 0. The van der Waals surface area contributed by atoms with Crippen LogP contribution >= 0.6 is 0 Å². The van der Waals surface area contributed by atoms with E-state index in [-0.39, 0.29) is 17.9 Å². The number of piperidine rings is 1. The Balaban J connectivity index is 1.92. The van der Waals surface area contributed by atoms with Crippen molar-refractivity contribution in [1.29, 1.82) is 0 Å². The second kappa shape index (κ2) is 2.96. The highest BCUT2D eigenvalue weighted by Crippen LogP contribution is 2.44. The number of amides is 1. The number of carbonyl (C=O) groups excluding carboxylic acids is 1. The molecule has 78 valence electrons. The quantitative estimate of drug-likeness (QED) is 0.620. The first-order chi connectivity index (χ1) is 6.77. The maximum absolute atomic E-state index is 11.7. The molecular formula is C11H17NO2. The fraction of sp³-hybridized carbons (Fsp3) is 0.909. The molecule has 2 saturated heterocycles. The Labute approximate surface area is 84.1 Å². The van der Waals surface area contributed by atoms with Crippen LogP contribution in [0.4, 0.5) is 0 Å². The fourth-order valence-electron chi connectivity index (χ4n) is 3.69. The van der Waals surface area contributed by atoms with Crippen molar-refractivity contribution in [3.63, 3.8) is 0 Å². The molecule has 2 heterocycles. The van der Waals surface area contributed by atoms with Gasteiger partial charge in [0.25, 0.3) is 0 Å². The lowest BCUT2D eigenvalue weighted by Crippen LogP contribution is -2.50. The molecule has 0 aromatic rings. The van der Waals surface area contributed by atoms with E-state index < -0.39 is 0 Å². The molecule has 4 unspecified atom stereocenters. The normalized spacial score (nSPS) is 46.6. The molecule has 3 heteroatoms. The monoisotopic (exact) mass is 195 g/mol. The standard InChI is InChI=1S/C11H17NO2/c13-9-4-3-7-2-1-5-12-10(14)6-8(9)11(7)12/h7-9,11,13H,1-6H2. The highest BCUT2D eigenvalue weighted by Gasteiger charge is 2.50. The molecule has 3 fully saturated rings. The Morgan fingerprint density at radius 3 is 3.00 bits per heavy atom. The zero-order valence-electron chi connectivity index (χ0n) is 8.35. The molecule has 3 aliphatic rings. The van der Waals surface area contributed by atoms with Crippen LogP contribution in [-0.2, 0) is 4.79 Å². The van der Waals surface area contributed by atoms with Gasteiger partial charge in [0.15, 0.2) is 0 Å². The number of hydrogen-bond acceptors (Lipinski definition) is 2. The van der Waals surface area contributed by atoms with Crippen LogP contribution in [0, 0.1) is 11.8 Å². The van der Waals surface area contributed by atoms with Crippen molar-refractivity contribution in [3.05, 3.63) is 0 Å². The summed E-state index contributed by atoms with van der Waals surface area (Å²) in [6, 6.07) is 0.389. The van der Waals surface area contributed by atoms with Crippen molar-refractivity contribution >= 4 is 5.91 Å². The third-order valence-electron chi connectivity index (χ3n) is 4.31. The van der Waals surface area contributed by atoms with Gasteiger partial charge in [-0.2, -0.15) is 0 Å². The van der Waals surface area contributed by atoms with Crippen LogP contribution in [-0.4, -0.2) is 34.6 Å². The van der Waals surface area contributed by atoms with Crippen LogP contribution in [0.1, 0.15) is 32.1 Å². The van der Waals surface area contributed by atoms with Gasteiger partial charge in [0, 0.05) is 24.9 Å². The van der Waals surface area contributed by atoms with E-state index in [1.807, 2.05) is 4.90 Å². The van der Waals surface area contributed by atoms with Gasteiger partial charge in [-0.05, 0) is 31.6 Å². The van der Waals surface area contributed by atoms with Crippen molar-refractivity contribution in [1.82, 2.24) is 4.90 Å². The summed E-state index contributed by atoms with van der Waals surface area (Å²) < 4.78 is 0. The van der Waals surface area contributed by atoms with Gasteiger partial charge in [0.2, 0.25) is 5.91 Å². The number of aliphatic hydroxyl groups is 1. The average Bonchev–Trinajstić information content (AvgIpc) is 2.53. The predicted molar refractivity (Wildman–Crippen MR) is 51.6 cm³/mol. The van der Waals surface area contributed by atoms with Crippen LogP contribution in [0.25, 0.3) is 0 Å². The Bertz CT molecular complexity index is 266. The smallest absolute Gasteiger partial charge is 0.223 e. The van der Waals surface area contributed by atoms with Crippen molar-refractivity contribution in [2.75, 3.05) is 6.54 Å². The van der Waals surface area contributed by atoms with E-state index in [9.17, 15) is 9.90 Å². The highest BCUT2D eigenvalue weighted by atomic mass is 16.3. The molecule has 1 saturated carbocycles. The number of hydrogen-bond donors (Lipinski definition) is 1. The van der Waals surface area contributed by atoms with Gasteiger partial charge in [0.1, 0.15) is 0 Å². The maximum atomic E-state index is 11.7. The molecule has 1 aliphatic carbocycles. The maximum Gasteiger partial charge on any atom is 0.223 e. The fourth-order valence-corrected chi connectivity index (χ4v) is 3.69. The molecule has 1 N–H and O–H groups in total. The van der Waals surface area contributed by atoms with Crippen LogP contribution < -0.4 is 0 Å². The Kier molecular flexibility index (Phi) is 1.84. The van der Waals surface area contributed by atoms with E-state index in [0.29, 0.717) is 18.4 Å². The summed E-state index contributed by atoms with van der Waals surface area (Å²) in [4.78, 5) is 13.8. The van der Waals surface area contributed by atoms with E-state index in [2.05, 4.69) is 0 Å². The molecule has 3 rings (SSSR count). The lowest BCUT2D eigenvalue weighted by atomic mass is 9.72. The van der Waals surface area contributed by atoms with Gasteiger partial charge >= 0.3 is 0 Å². The molecular weight excluding hydrogens is 178 g/mol. The second-order valence-corrected chi connectivity index (χ2v) is 4.99. The summed E-state index contributed by atoms with van der Waals surface area (Å²) in [5.74, 6) is 1.22. The van der Waals surface area contributed by atoms with E-state index in [4.69, 9.17) is 0 Å². The summed E-state index contributed by atoms with van der Waals surface area (Å²) >= 11 is 0. The highest BCUT2D eigenvalue weighted by molar-refractivity contribution is 5.79. The van der Waals surface area contributed by atoms with Crippen LogP contribution in [0.2, 0.25) is 0 Å². The summed E-state index contributed by atoms with van der Waals surface area (Å²) in [7, 11) is 0. The zero-order chi connectivity index (χ0) is 9.71. The van der Waals surface area contributed by atoms with E-state index in [0.717, 1.165) is 25.8 Å². The lowest BCUT2D eigenvalue weighted by molar-refractivity contribution is -0.131. The molecule has 1 amide bonds. The van der Waals surface area contributed by atoms with E-state index in [1.54, 1.807) is 0 Å². The van der Waals surface area contributed by atoms with E-state index in [1.165, 1.54) is 6.42 Å². The first-order valence-corrected chi connectivity index (χ1v) is 5.75. The van der Waals surface area contributed by atoms with Gasteiger partial charge < -0.3 is 10.0 Å². The second-order valence-electron chi connectivity index (χ2n) is 4.99. The molecule has 2 aliphatic heterocycles. The summed E-state index contributed by atoms with van der Waals surface area (Å²) in [6.45, 7) is 0.934. The summed E-state index contributed by atoms with van der Waals surface area (Å²) in [6.07, 6.45) is 4.83. The minimum Gasteiger partial charge on any atom is -0.393 e. The van der Waals surface area contributed by atoms with Crippen LogP contribution in [0.3, 0.4) is 0 Å². The van der Waals surface area contributed by atoms with Gasteiger partial charge in [-0.15, -0.1) is 0 Å². The Morgan fingerprint density at radius 1 is 1.29 bits per heavy atom. The molecule has 4 atom stereocenters. The third-order valence-corrected chi connectivity index (χ3v) is 4.31. The molecule has 0 radical (unpaired) electrons. The minimum absolute atomic E-state index is 0.219. The van der Waals surface area contributed by atoms with Gasteiger partial charge in [0.05, 0.1) is 6.10 Å². The first-order valence-electron chi connectivity index (χ1n) is 5.75. The van der Waals surface area contributed by atoms with Gasteiger partial charge in [-0.1, -0.05) is 0 Å². The molecule has 0 bridgehead atoms. The largest absolute Gasteiger partial charge is 0.393 e. The minimum atomic E-state index is -0.219. The van der Waals surface area contributed by atoms with Crippen molar-refractivity contribution in [3.8, 4) is 0 Å². The van der Waals surface area contributed by atoms with Crippen LogP contribution in [0.15, 0.2) is 0 Å². The first kappa shape index (κ1) is 8.72. The molecule has 0 spiro atoms. The third kappa shape index (κ3) is 1.05. The van der Waals surface area contributed by atoms with Gasteiger partial charge in [-0.25, -0.2) is 0 Å². The molecule has 0 aromatic heterocycles.